The van der Waals surface area contributed by atoms with Crippen molar-refractivity contribution in [3.63, 3.8) is 0 Å². The second kappa shape index (κ2) is 7.46. The van der Waals surface area contributed by atoms with Crippen LogP contribution in [0.2, 0.25) is 0 Å². The smallest absolute Gasteiger partial charge is 0.324 e. The van der Waals surface area contributed by atoms with E-state index in [0.29, 0.717) is 0 Å². The minimum Gasteiger partial charge on any atom is -0.324 e. The van der Waals surface area contributed by atoms with Crippen LogP contribution in [0.3, 0.4) is 0 Å². The number of carbonyl (C=O) groups excluding carboxylic acids is 1. The van der Waals surface area contributed by atoms with Crippen LogP contribution in [0.5, 0.6) is 0 Å². The summed E-state index contributed by atoms with van der Waals surface area (Å²) in [6.07, 6.45) is -4.64. The van der Waals surface area contributed by atoms with Crippen molar-refractivity contribution in [2.75, 3.05) is 5.32 Å². The zero-order chi connectivity index (χ0) is 19.5. The molecular formula is C17H17F3N2O3S. The van der Waals surface area contributed by atoms with Gasteiger partial charge in [-0.25, -0.2) is 8.42 Å². The van der Waals surface area contributed by atoms with Crippen LogP contribution in [0.15, 0.2) is 53.4 Å². The predicted octanol–water partition coefficient (Wildman–Crippen LogP) is 3.32. The van der Waals surface area contributed by atoms with Gasteiger partial charge < -0.3 is 5.32 Å². The summed E-state index contributed by atoms with van der Waals surface area (Å²) in [6, 6.07) is 9.13. The monoisotopic (exact) mass is 386 g/mol. The van der Waals surface area contributed by atoms with Crippen LogP contribution in [-0.4, -0.2) is 20.4 Å². The van der Waals surface area contributed by atoms with E-state index in [0.717, 1.165) is 17.7 Å². The van der Waals surface area contributed by atoms with Gasteiger partial charge in [0.2, 0.25) is 15.9 Å². The first kappa shape index (κ1) is 19.9. The molecule has 0 aliphatic rings. The fourth-order valence-electron chi connectivity index (χ4n) is 2.15. The Morgan fingerprint density at radius 3 is 2.19 bits per heavy atom. The van der Waals surface area contributed by atoms with Gasteiger partial charge >= 0.3 is 6.18 Å². The van der Waals surface area contributed by atoms with Gasteiger partial charge in [-0.3, -0.25) is 4.79 Å². The molecule has 2 rings (SSSR count). The Morgan fingerprint density at radius 2 is 1.62 bits per heavy atom. The lowest BCUT2D eigenvalue weighted by molar-refractivity contribution is -0.137. The average Bonchev–Trinajstić information content (AvgIpc) is 2.54. The predicted molar refractivity (Wildman–Crippen MR) is 91.0 cm³/mol. The molecular weight excluding hydrogens is 369 g/mol. The lowest BCUT2D eigenvalue weighted by atomic mass is 10.1. The fraction of sp³-hybridized carbons (Fsp3) is 0.235. The number of sulfonamides is 1. The highest BCUT2D eigenvalue weighted by molar-refractivity contribution is 7.89. The van der Waals surface area contributed by atoms with Gasteiger partial charge in [0, 0.05) is 0 Å². The van der Waals surface area contributed by atoms with E-state index in [1.165, 1.54) is 31.2 Å². The van der Waals surface area contributed by atoms with Gasteiger partial charge in [0.1, 0.15) is 0 Å². The largest absolute Gasteiger partial charge is 0.418 e. The SMILES string of the molecule is Cc1ccc(S(=O)(=O)N[C@H](C)C(=O)Nc2ccccc2C(F)(F)F)cc1. The van der Waals surface area contributed by atoms with Crippen molar-refractivity contribution in [3.05, 3.63) is 59.7 Å². The van der Waals surface area contributed by atoms with Gasteiger partial charge in [-0.15, -0.1) is 0 Å². The van der Waals surface area contributed by atoms with Gasteiger partial charge in [0.15, 0.2) is 0 Å². The Balaban J connectivity index is 2.15. The van der Waals surface area contributed by atoms with E-state index in [2.05, 4.69) is 10.0 Å². The lowest BCUT2D eigenvalue weighted by Crippen LogP contribution is -2.41. The molecule has 0 aliphatic carbocycles. The summed E-state index contributed by atoms with van der Waals surface area (Å²) in [7, 11) is -3.99. The summed E-state index contributed by atoms with van der Waals surface area (Å²) in [5, 5.41) is 2.11. The van der Waals surface area contributed by atoms with Gasteiger partial charge in [-0.1, -0.05) is 29.8 Å². The molecule has 0 spiro atoms. The first-order chi connectivity index (χ1) is 12.0. The van der Waals surface area contributed by atoms with Crippen LogP contribution in [0, 0.1) is 6.92 Å². The highest BCUT2D eigenvalue weighted by atomic mass is 32.2. The molecule has 0 unspecified atom stereocenters. The number of aryl methyl sites for hydroxylation is 1. The Bertz CT molecular complexity index is 894. The fourth-order valence-corrected chi connectivity index (χ4v) is 3.35. The number of carbonyl (C=O) groups is 1. The van der Waals surface area contributed by atoms with E-state index in [4.69, 9.17) is 0 Å². The van der Waals surface area contributed by atoms with Crippen molar-refractivity contribution in [2.45, 2.75) is 31.0 Å². The third-order valence-corrected chi connectivity index (χ3v) is 5.10. The Kier molecular flexibility index (Phi) is 5.72. The summed E-state index contributed by atoms with van der Waals surface area (Å²) in [4.78, 5) is 12.1. The van der Waals surface area contributed by atoms with E-state index in [1.807, 2.05) is 0 Å². The molecule has 1 atom stereocenters. The number of rotatable bonds is 5. The minimum absolute atomic E-state index is 0.0431. The summed E-state index contributed by atoms with van der Waals surface area (Å²) in [6.45, 7) is 3.04. The number of anilines is 1. The second-order valence-corrected chi connectivity index (χ2v) is 7.40. The van der Waals surface area contributed by atoms with Gasteiger partial charge in [0.05, 0.1) is 22.2 Å². The summed E-state index contributed by atoms with van der Waals surface area (Å²) >= 11 is 0. The van der Waals surface area contributed by atoms with Crippen LogP contribution in [0.25, 0.3) is 0 Å². The van der Waals surface area contributed by atoms with Crippen LogP contribution < -0.4 is 10.0 Å². The Morgan fingerprint density at radius 1 is 1.04 bits per heavy atom. The van der Waals surface area contributed by atoms with Crippen LogP contribution in [0.1, 0.15) is 18.1 Å². The molecule has 0 aromatic heterocycles. The lowest BCUT2D eigenvalue weighted by Gasteiger charge is -2.17. The van der Waals surface area contributed by atoms with Crippen molar-refractivity contribution < 1.29 is 26.4 Å². The van der Waals surface area contributed by atoms with E-state index in [-0.39, 0.29) is 4.90 Å². The van der Waals surface area contributed by atoms with Crippen molar-refractivity contribution in [3.8, 4) is 0 Å². The van der Waals surface area contributed by atoms with E-state index < -0.39 is 39.4 Å². The molecule has 2 N–H and O–H groups in total. The van der Waals surface area contributed by atoms with Crippen molar-refractivity contribution in [1.82, 2.24) is 4.72 Å². The molecule has 5 nitrogen and oxygen atoms in total. The Hall–Kier alpha value is -2.39. The normalized spacial score (nSPS) is 13.3. The van der Waals surface area contributed by atoms with E-state index in [9.17, 15) is 26.4 Å². The molecule has 0 bridgehead atoms. The molecule has 0 saturated carbocycles. The topological polar surface area (TPSA) is 75.3 Å². The number of amides is 1. The van der Waals surface area contributed by atoms with Crippen molar-refractivity contribution >= 4 is 21.6 Å². The highest BCUT2D eigenvalue weighted by Crippen LogP contribution is 2.34. The molecule has 9 heteroatoms. The van der Waals surface area contributed by atoms with Crippen molar-refractivity contribution in [1.29, 1.82) is 0 Å². The number of halogens is 3. The number of nitrogens with one attached hydrogen (secondary N) is 2. The number of alkyl halides is 3. The summed E-state index contributed by atoms with van der Waals surface area (Å²) < 4.78 is 65.6. The number of benzene rings is 2. The van der Waals surface area contributed by atoms with Gasteiger partial charge in [-0.2, -0.15) is 17.9 Å². The van der Waals surface area contributed by atoms with Crippen LogP contribution in [0.4, 0.5) is 18.9 Å². The van der Waals surface area contributed by atoms with E-state index >= 15 is 0 Å². The van der Waals surface area contributed by atoms with Gasteiger partial charge in [0.25, 0.3) is 0 Å². The summed E-state index contributed by atoms with van der Waals surface area (Å²) in [5.74, 6) is -0.905. The maximum atomic E-state index is 13.0. The molecule has 0 heterocycles. The molecule has 140 valence electrons. The number of hydrogen-bond acceptors (Lipinski definition) is 3. The maximum Gasteiger partial charge on any atom is 0.418 e. The zero-order valence-corrected chi connectivity index (χ0v) is 14.8. The molecule has 0 radical (unpaired) electrons. The number of hydrogen-bond donors (Lipinski definition) is 2. The average molecular weight is 386 g/mol. The van der Waals surface area contributed by atoms with Crippen molar-refractivity contribution in [2.24, 2.45) is 0 Å². The molecule has 26 heavy (non-hydrogen) atoms. The van der Waals surface area contributed by atoms with E-state index in [1.54, 1.807) is 19.1 Å². The quantitative estimate of drug-likeness (QED) is 0.828. The standard InChI is InChI=1S/C17H17F3N2O3S/c1-11-7-9-13(10-8-11)26(24,25)22-12(2)16(23)21-15-6-4-3-5-14(15)17(18,19)20/h3-10,12,22H,1-2H3,(H,21,23)/t12-/m1/s1. The third kappa shape index (κ3) is 4.83. The minimum atomic E-state index is -4.64. The molecule has 0 saturated heterocycles. The first-order valence-corrected chi connectivity index (χ1v) is 9.05. The third-order valence-electron chi connectivity index (χ3n) is 3.55. The summed E-state index contributed by atoms with van der Waals surface area (Å²) in [5.41, 5.74) is -0.591. The molecule has 0 aliphatic heterocycles. The Labute approximate surface area is 149 Å². The van der Waals surface area contributed by atoms with Gasteiger partial charge in [-0.05, 0) is 38.1 Å². The zero-order valence-electron chi connectivity index (χ0n) is 14.0. The molecule has 2 aromatic carbocycles. The molecule has 0 fully saturated rings. The van der Waals surface area contributed by atoms with Crippen LogP contribution in [-0.2, 0) is 21.0 Å². The van der Waals surface area contributed by atoms with Crippen LogP contribution >= 0.6 is 0 Å². The molecule has 2 aromatic rings. The highest BCUT2D eigenvalue weighted by Gasteiger charge is 2.34. The maximum absolute atomic E-state index is 13.0. The second-order valence-electron chi connectivity index (χ2n) is 5.69. The first-order valence-electron chi connectivity index (χ1n) is 7.57. The molecule has 1 amide bonds. The number of para-hydroxylation sites is 1.